The van der Waals surface area contributed by atoms with Crippen LogP contribution in [0.1, 0.15) is 54.7 Å². The molecule has 0 aliphatic carbocycles. The normalized spacial score (nSPS) is 14.0. The minimum absolute atomic E-state index is 0.170. The first-order chi connectivity index (χ1) is 15.9. The highest BCUT2D eigenvalue weighted by Gasteiger charge is 2.26. The maximum atomic E-state index is 13.1. The number of unbranched alkanes of at least 4 members (excludes halogenated alkanes) is 1. The van der Waals surface area contributed by atoms with Gasteiger partial charge in [-0.15, -0.1) is 11.3 Å². The van der Waals surface area contributed by atoms with Gasteiger partial charge in [0.1, 0.15) is 11.8 Å². The summed E-state index contributed by atoms with van der Waals surface area (Å²) in [7, 11) is 1.72. The highest BCUT2D eigenvalue weighted by Crippen LogP contribution is 2.29. The predicted molar refractivity (Wildman–Crippen MR) is 126 cm³/mol. The van der Waals surface area contributed by atoms with E-state index in [-0.39, 0.29) is 12.3 Å². The van der Waals surface area contributed by atoms with Gasteiger partial charge in [0.25, 0.3) is 0 Å². The molecule has 3 rings (SSSR count). The molecule has 9 heteroatoms. The molecule has 0 radical (unpaired) electrons. The summed E-state index contributed by atoms with van der Waals surface area (Å²) in [5.74, 6) is -0.404. The zero-order valence-corrected chi connectivity index (χ0v) is 19.8. The maximum Gasteiger partial charge on any atom is 0.315 e. The fourth-order valence-corrected chi connectivity index (χ4v) is 4.61. The first kappa shape index (κ1) is 24.6. The highest BCUT2D eigenvalue weighted by molar-refractivity contribution is 7.09. The van der Waals surface area contributed by atoms with Crippen LogP contribution in [0.25, 0.3) is 0 Å². The number of nitrogens with zero attached hydrogens (tertiary/aromatic N) is 1. The number of carbonyl (C=O) groups is 3. The van der Waals surface area contributed by atoms with Crippen LogP contribution in [0.3, 0.4) is 0 Å². The van der Waals surface area contributed by atoms with Crippen molar-refractivity contribution in [3.8, 4) is 5.75 Å². The highest BCUT2D eigenvalue weighted by atomic mass is 32.1. The molecule has 178 valence electrons. The van der Waals surface area contributed by atoms with Crippen LogP contribution in [0.4, 0.5) is 4.79 Å². The Morgan fingerprint density at radius 1 is 1.24 bits per heavy atom. The average molecular weight is 474 g/mol. The molecule has 1 aromatic carbocycles. The molecule has 0 fully saturated rings. The molecular formula is C24H31N3O5S. The van der Waals surface area contributed by atoms with E-state index in [1.165, 1.54) is 0 Å². The Hall–Kier alpha value is -3.07. The quantitative estimate of drug-likeness (QED) is 0.461. The molecule has 33 heavy (non-hydrogen) atoms. The van der Waals surface area contributed by atoms with Crippen molar-refractivity contribution in [2.24, 2.45) is 0 Å². The van der Waals surface area contributed by atoms with Gasteiger partial charge in [0.2, 0.25) is 5.91 Å². The summed E-state index contributed by atoms with van der Waals surface area (Å²) >= 11 is 1.57. The van der Waals surface area contributed by atoms with E-state index in [1.54, 1.807) is 35.4 Å². The summed E-state index contributed by atoms with van der Waals surface area (Å²) < 4.78 is 5.51. The molecule has 3 amide bonds. The van der Waals surface area contributed by atoms with Crippen molar-refractivity contribution in [1.82, 2.24) is 15.5 Å². The number of thiophene rings is 1. The van der Waals surface area contributed by atoms with Crippen LogP contribution in [0.5, 0.6) is 5.75 Å². The van der Waals surface area contributed by atoms with Gasteiger partial charge in [0.05, 0.1) is 25.6 Å². The summed E-state index contributed by atoms with van der Waals surface area (Å²) in [4.78, 5) is 40.0. The van der Waals surface area contributed by atoms with Crippen molar-refractivity contribution < 1.29 is 24.2 Å². The van der Waals surface area contributed by atoms with Crippen molar-refractivity contribution in [3.63, 3.8) is 0 Å². The Morgan fingerprint density at radius 3 is 2.76 bits per heavy atom. The number of hydrogen-bond acceptors (Lipinski definition) is 5. The summed E-state index contributed by atoms with van der Waals surface area (Å²) in [6.07, 6.45) is 2.67. The Balaban J connectivity index is 1.68. The third kappa shape index (κ3) is 6.95. The molecule has 0 spiro atoms. The summed E-state index contributed by atoms with van der Waals surface area (Å²) in [5, 5.41) is 16.9. The van der Waals surface area contributed by atoms with Gasteiger partial charge < -0.3 is 25.4 Å². The Morgan fingerprint density at radius 2 is 2.06 bits per heavy atom. The van der Waals surface area contributed by atoms with E-state index in [0.717, 1.165) is 35.5 Å². The number of fused-ring (bicyclic) bond motifs is 1. The van der Waals surface area contributed by atoms with Crippen LogP contribution in [0.2, 0.25) is 0 Å². The van der Waals surface area contributed by atoms with Crippen LogP contribution < -0.4 is 15.4 Å². The maximum absolute atomic E-state index is 13.1. The fraction of sp³-hybridized carbons (Fsp3) is 0.458. The van der Waals surface area contributed by atoms with Gasteiger partial charge in [-0.2, -0.15) is 0 Å². The van der Waals surface area contributed by atoms with Gasteiger partial charge >= 0.3 is 12.0 Å². The molecule has 2 aromatic rings. The fourth-order valence-electron chi connectivity index (χ4n) is 3.85. The minimum atomic E-state index is -1.02. The zero-order valence-electron chi connectivity index (χ0n) is 19.0. The van der Waals surface area contributed by atoms with Crippen molar-refractivity contribution in [2.45, 2.75) is 57.7 Å². The smallest absolute Gasteiger partial charge is 0.315 e. The number of aliphatic carboxylic acids is 1. The lowest BCUT2D eigenvalue weighted by molar-refractivity contribution is -0.137. The third-order valence-corrected chi connectivity index (χ3v) is 6.46. The molecule has 0 unspecified atom stereocenters. The average Bonchev–Trinajstić information content (AvgIpc) is 3.46. The number of benzene rings is 1. The van der Waals surface area contributed by atoms with Crippen LogP contribution in [0.15, 0.2) is 35.7 Å². The van der Waals surface area contributed by atoms with Gasteiger partial charge in [0, 0.05) is 18.3 Å². The number of hydrogen-bond donors (Lipinski definition) is 3. The van der Waals surface area contributed by atoms with E-state index in [2.05, 4.69) is 10.6 Å². The number of nitrogens with one attached hydrogen (secondary N) is 2. The lowest BCUT2D eigenvalue weighted by Crippen LogP contribution is -2.51. The largest absolute Gasteiger partial charge is 0.493 e. The minimum Gasteiger partial charge on any atom is -0.493 e. The Bertz CT molecular complexity index is 963. The molecule has 1 aromatic heterocycles. The molecule has 8 nitrogen and oxygen atoms in total. The predicted octanol–water partition coefficient (Wildman–Crippen LogP) is 3.72. The second-order valence-electron chi connectivity index (χ2n) is 8.20. The molecule has 3 N–H and O–H groups in total. The third-order valence-electron chi connectivity index (χ3n) is 5.60. The number of carbonyl (C=O) groups excluding carboxylic acids is 2. The van der Waals surface area contributed by atoms with E-state index >= 15 is 0 Å². The van der Waals surface area contributed by atoms with E-state index < -0.39 is 24.1 Å². The van der Waals surface area contributed by atoms with Gasteiger partial charge in [-0.25, -0.2) is 4.79 Å². The van der Waals surface area contributed by atoms with Crippen LogP contribution >= 0.6 is 11.3 Å². The van der Waals surface area contributed by atoms with Crippen molar-refractivity contribution in [1.29, 1.82) is 0 Å². The molecule has 0 bridgehead atoms. The monoisotopic (exact) mass is 473 g/mol. The van der Waals surface area contributed by atoms with Crippen LogP contribution in [0, 0.1) is 0 Å². The second kappa shape index (κ2) is 11.7. The summed E-state index contributed by atoms with van der Waals surface area (Å²) in [6.45, 7) is 3.09. The van der Waals surface area contributed by atoms with Gasteiger partial charge in [-0.3, -0.25) is 9.59 Å². The molecule has 1 aliphatic heterocycles. The van der Waals surface area contributed by atoms with Crippen LogP contribution in [-0.4, -0.2) is 47.6 Å². The number of urea groups is 1. The van der Waals surface area contributed by atoms with E-state index in [0.29, 0.717) is 25.1 Å². The Kier molecular flexibility index (Phi) is 8.71. The van der Waals surface area contributed by atoms with E-state index in [9.17, 15) is 19.5 Å². The molecule has 2 atom stereocenters. The van der Waals surface area contributed by atoms with E-state index in [4.69, 9.17) is 4.74 Å². The van der Waals surface area contributed by atoms with Crippen LogP contribution in [-0.2, 0) is 22.6 Å². The molecule has 0 saturated heterocycles. The summed E-state index contributed by atoms with van der Waals surface area (Å²) in [5.41, 5.74) is 1.69. The molecule has 2 heterocycles. The van der Waals surface area contributed by atoms with Gasteiger partial charge in [-0.05, 0) is 41.1 Å². The number of carboxylic acid groups (broad SMARTS) is 1. The molecule has 0 saturated carbocycles. The zero-order chi connectivity index (χ0) is 23.8. The number of carboxylic acids is 1. The lowest BCUT2D eigenvalue weighted by Gasteiger charge is -2.26. The standard InChI is InChI=1S/C24H31N3O5S/c1-3-4-7-19(23(30)27(2)15-18-6-5-12-33-18)25-24(31)26-20(14-22(28)29)16-8-9-21-17(13-16)10-11-32-21/h5-6,8-9,12-13,19-20H,3-4,7,10-11,14-15H2,1-2H3,(H,28,29)(H2,25,26,31)/t19-,20-/m0/s1. The second-order valence-corrected chi connectivity index (χ2v) is 9.23. The topological polar surface area (TPSA) is 108 Å². The van der Waals surface area contributed by atoms with Crippen molar-refractivity contribution >= 4 is 29.2 Å². The number of amides is 3. The molecule has 1 aliphatic rings. The first-order valence-corrected chi connectivity index (χ1v) is 12.1. The van der Waals surface area contributed by atoms with Crippen molar-refractivity contribution in [3.05, 3.63) is 51.7 Å². The van der Waals surface area contributed by atoms with Gasteiger partial charge in [-0.1, -0.05) is 31.9 Å². The number of likely N-dealkylation sites (N-methyl/N-ethyl adjacent to an activating group) is 1. The first-order valence-electron chi connectivity index (χ1n) is 11.2. The van der Waals surface area contributed by atoms with Gasteiger partial charge in [0.15, 0.2) is 0 Å². The van der Waals surface area contributed by atoms with Crippen molar-refractivity contribution in [2.75, 3.05) is 13.7 Å². The lowest BCUT2D eigenvalue weighted by atomic mass is 10.00. The Labute approximate surface area is 197 Å². The number of ether oxygens (including phenoxy) is 1. The van der Waals surface area contributed by atoms with E-state index in [1.807, 2.05) is 30.5 Å². The number of rotatable bonds is 11. The molecular weight excluding hydrogens is 442 g/mol. The summed E-state index contributed by atoms with van der Waals surface area (Å²) in [6, 6.07) is 7.39. The SMILES string of the molecule is CCCC[C@H](NC(=O)N[C@@H](CC(=O)O)c1ccc2c(c1)CCO2)C(=O)N(C)Cc1cccs1.